The molecule has 1 aliphatic rings. The molecule has 2 atom stereocenters. The Hall–Kier alpha value is -1.84. The van der Waals surface area contributed by atoms with E-state index in [2.05, 4.69) is 37.1 Å². The van der Waals surface area contributed by atoms with Gasteiger partial charge in [-0.25, -0.2) is 4.68 Å². The van der Waals surface area contributed by atoms with Gasteiger partial charge in [0.2, 0.25) is 0 Å². The first-order valence-corrected chi connectivity index (χ1v) is 10.9. The zero-order valence-corrected chi connectivity index (χ0v) is 18.3. The van der Waals surface area contributed by atoms with Crippen LogP contribution in [0.4, 0.5) is 0 Å². The van der Waals surface area contributed by atoms with Gasteiger partial charge < -0.3 is 10.2 Å². The molecule has 2 unspecified atom stereocenters. The zero-order chi connectivity index (χ0) is 21.3. The zero-order valence-electron chi connectivity index (χ0n) is 18.3. The molecule has 2 N–H and O–H groups in total. The Morgan fingerprint density at radius 1 is 0.800 bits per heavy atom. The first-order valence-electron chi connectivity index (χ1n) is 10.9. The van der Waals surface area contributed by atoms with Gasteiger partial charge in [-0.05, 0) is 19.4 Å². The number of aromatic nitrogens is 3. The predicted octanol–water partition coefficient (Wildman–Crippen LogP) is 0.508. The number of β-amino-alcohol motifs (C(OH)–C–C–N with tert-alkyl or cyclic N) is 2. The van der Waals surface area contributed by atoms with E-state index in [9.17, 15) is 10.2 Å². The van der Waals surface area contributed by atoms with Crippen molar-refractivity contribution in [3.8, 4) is 0 Å². The van der Waals surface area contributed by atoms with Crippen molar-refractivity contribution in [2.24, 2.45) is 0 Å². The van der Waals surface area contributed by atoms with E-state index in [1.165, 1.54) is 5.56 Å². The summed E-state index contributed by atoms with van der Waals surface area (Å²) in [7, 11) is 0. The summed E-state index contributed by atoms with van der Waals surface area (Å²) in [4.78, 5) is 7.01. The van der Waals surface area contributed by atoms with E-state index in [1.807, 2.05) is 42.9 Å². The average molecular weight is 417 g/mol. The first-order chi connectivity index (χ1) is 14.5. The predicted molar refractivity (Wildman–Crippen MR) is 117 cm³/mol. The van der Waals surface area contributed by atoms with Crippen molar-refractivity contribution < 1.29 is 10.2 Å². The van der Waals surface area contributed by atoms with Crippen LogP contribution < -0.4 is 0 Å². The molecule has 166 valence electrons. The van der Waals surface area contributed by atoms with Gasteiger partial charge in [0, 0.05) is 58.9 Å². The highest BCUT2D eigenvalue weighted by Crippen LogP contribution is 2.08. The van der Waals surface area contributed by atoms with Crippen LogP contribution in [0.3, 0.4) is 0 Å². The molecule has 8 nitrogen and oxygen atoms in total. The third kappa shape index (κ3) is 7.77. The Labute approximate surface area is 179 Å². The van der Waals surface area contributed by atoms with E-state index in [4.69, 9.17) is 0 Å². The minimum Gasteiger partial charge on any atom is -0.392 e. The van der Waals surface area contributed by atoms with Crippen molar-refractivity contribution >= 4 is 0 Å². The maximum absolute atomic E-state index is 9.84. The third-order valence-electron chi connectivity index (χ3n) is 5.40. The number of benzene rings is 1. The van der Waals surface area contributed by atoms with Crippen molar-refractivity contribution in [2.75, 3.05) is 52.4 Å². The fourth-order valence-corrected chi connectivity index (χ4v) is 3.94. The largest absolute Gasteiger partial charge is 0.392 e. The molecule has 1 aliphatic heterocycles. The van der Waals surface area contributed by atoms with Crippen LogP contribution in [0.1, 0.15) is 25.1 Å². The van der Waals surface area contributed by atoms with Gasteiger partial charge in [-0.2, -0.15) is 0 Å². The minimum atomic E-state index is -0.345. The summed E-state index contributed by atoms with van der Waals surface area (Å²) in [5.41, 5.74) is 2.17. The summed E-state index contributed by atoms with van der Waals surface area (Å²) in [6, 6.07) is 10.3. The molecule has 30 heavy (non-hydrogen) atoms. The molecule has 0 bridgehead atoms. The summed E-state index contributed by atoms with van der Waals surface area (Å²) in [5, 5.41) is 28.4. The smallest absolute Gasteiger partial charge is 0.0967 e. The Bertz CT molecular complexity index is 714. The van der Waals surface area contributed by atoms with Gasteiger partial charge >= 0.3 is 0 Å². The molecule has 8 heteroatoms. The molecule has 1 fully saturated rings. The fraction of sp³-hybridized carbons (Fsp3) is 0.636. The Morgan fingerprint density at radius 3 is 1.87 bits per heavy atom. The number of nitrogens with zero attached hydrogens (tertiary/aromatic N) is 6. The molecule has 1 aromatic heterocycles. The van der Waals surface area contributed by atoms with Crippen LogP contribution in [0, 0.1) is 0 Å². The second kappa shape index (κ2) is 11.5. The van der Waals surface area contributed by atoms with Gasteiger partial charge in [0.15, 0.2) is 0 Å². The summed E-state index contributed by atoms with van der Waals surface area (Å²) < 4.78 is 1.89. The normalized spacial score (nSPS) is 19.7. The van der Waals surface area contributed by atoms with Crippen LogP contribution >= 0.6 is 0 Å². The lowest BCUT2D eigenvalue weighted by atomic mass is 10.2. The van der Waals surface area contributed by atoms with Gasteiger partial charge in [-0.3, -0.25) is 14.7 Å². The van der Waals surface area contributed by atoms with Gasteiger partial charge in [-0.1, -0.05) is 35.5 Å². The summed E-state index contributed by atoms with van der Waals surface area (Å²) in [5.74, 6) is 0. The fourth-order valence-electron chi connectivity index (χ4n) is 3.94. The summed E-state index contributed by atoms with van der Waals surface area (Å²) >= 11 is 0. The SMILES string of the molecule is CC(O)CN1CCN(Cc2cn(Cc3ccccc3)nn2)CCN(CC(C)O)CC1. The molecule has 0 radical (unpaired) electrons. The second-order valence-corrected chi connectivity index (χ2v) is 8.47. The van der Waals surface area contributed by atoms with Crippen LogP contribution in [-0.4, -0.2) is 104 Å². The van der Waals surface area contributed by atoms with Crippen LogP contribution in [0.5, 0.6) is 0 Å². The molecule has 0 aliphatic carbocycles. The molecule has 1 saturated heterocycles. The standard InChI is InChI=1S/C22H36N6O2/c1-19(29)14-25-8-9-26(15-20(2)30)11-13-27(12-10-25)17-22-18-28(24-23-22)16-21-6-4-3-5-7-21/h3-7,18-20,29-30H,8-17H2,1-2H3. The van der Waals surface area contributed by atoms with Crippen molar-refractivity contribution in [1.29, 1.82) is 0 Å². The lowest BCUT2D eigenvalue weighted by molar-refractivity contribution is 0.102. The molecule has 2 aromatic rings. The maximum atomic E-state index is 9.84. The summed E-state index contributed by atoms with van der Waals surface area (Å²) in [6.45, 7) is 11.9. The van der Waals surface area contributed by atoms with Crippen molar-refractivity contribution in [1.82, 2.24) is 29.7 Å². The van der Waals surface area contributed by atoms with E-state index >= 15 is 0 Å². The first kappa shape index (κ1) is 22.8. The maximum Gasteiger partial charge on any atom is 0.0967 e. The molecule has 3 rings (SSSR count). The number of aliphatic hydroxyl groups excluding tert-OH is 2. The molecule has 2 heterocycles. The Morgan fingerprint density at radius 2 is 1.33 bits per heavy atom. The number of aliphatic hydroxyl groups is 2. The van der Waals surface area contributed by atoms with Crippen LogP contribution in [0.15, 0.2) is 36.5 Å². The lowest BCUT2D eigenvalue weighted by Crippen LogP contribution is -2.41. The van der Waals surface area contributed by atoms with Crippen LogP contribution in [0.25, 0.3) is 0 Å². The van der Waals surface area contributed by atoms with E-state index in [-0.39, 0.29) is 12.2 Å². The lowest BCUT2D eigenvalue weighted by Gasteiger charge is -2.27. The van der Waals surface area contributed by atoms with E-state index in [0.717, 1.165) is 58.1 Å². The minimum absolute atomic E-state index is 0.345. The highest BCUT2D eigenvalue weighted by molar-refractivity contribution is 5.14. The molecule has 1 aromatic carbocycles. The Kier molecular flexibility index (Phi) is 8.77. The summed E-state index contributed by atoms with van der Waals surface area (Å²) in [6.07, 6.45) is 1.34. The third-order valence-corrected chi connectivity index (χ3v) is 5.40. The Balaban J connectivity index is 1.61. The van der Waals surface area contributed by atoms with Crippen LogP contribution in [0.2, 0.25) is 0 Å². The van der Waals surface area contributed by atoms with Gasteiger partial charge in [-0.15, -0.1) is 5.10 Å². The number of hydrogen-bond donors (Lipinski definition) is 2. The highest BCUT2D eigenvalue weighted by Gasteiger charge is 2.19. The molecular formula is C22H36N6O2. The highest BCUT2D eigenvalue weighted by atomic mass is 16.3. The number of hydrogen-bond acceptors (Lipinski definition) is 7. The average Bonchev–Trinajstić information content (AvgIpc) is 3.16. The van der Waals surface area contributed by atoms with Gasteiger partial charge in [0.05, 0.1) is 30.6 Å². The van der Waals surface area contributed by atoms with Crippen LogP contribution in [-0.2, 0) is 13.1 Å². The molecule has 0 saturated carbocycles. The molecule has 0 spiro atoms. The van der Waals surface area contributed by atoms with Gasteiger partial charge in [0.25, 0.3) is 0 Å². The van der Waals surface area contributed by atoms with Crippen molar-refractivity contribution in [3.05, 3.63) is 47.8 Å². The van der Waals surface area contributed by atoms with Crippen molar-refractivity contribution in [2.45, 2.75) is 39.1 Å². The van der Waals surface area contributed by atoms with E-state index in [0.29, 0.717) is 13.1 Å². The topological polar surface area (TPSA) is 80.9 Å². The van der Waals surface area contributed by atoms with E-state index in [1.54, 1.807) is 0 Å². The molecule has 0 amide bonds. The van der Waals surface area contributed by atoms with Gasteiger partial charge in [0.1, 0.15) is 0 Å². The quantitative estimate of drug-likeness (QED) is 0.649. The van der Waals surface area contributed by atoms with E-state index < -0.39 is 0 Å². The monoisotopic (exact) mass is 416 g/mol. The van der Waals surface area contributed by atoms with Crippen molar-refractivity contribution in [3.63, 3.8) is 0 Å². The second-order valence-electron chi connectivity index (χ2n) is 8.47. The number of rotatable bonds is 8. The molecular weight excluding hydrogens is 380 g/mol.